The third-order valence-corrected chi connectivity index (χ3v) is 5.03. The number of nitrogens with one attached hydrogen (secondary N) is 1. The molecule has 28 heavy (non-hydrogen) atoms. The van der Waals surface area contributed by atoms with Gasteiger partial charge in [0.25, 0.3) is 0 Å². The smallest absolute Gasteiger partial charge is 0.249 e. The summed E-state index contributed by atoms with van der Waals surface area (Å²) in [6.07, 6.45) is 2.03. The van der Waals surface area contributed by atoms with Crippen LogP contribution in [-0.4, -0.2) is 16.0 Å². The summed E-state index contributed by atoms with van der Waals surface area (Å²) in [5.74, 6) is 1.18. The minimum atomic E-state index is -0.292. The van der Waals surface area contributed by atoms with Crippen molar-refractivity contribution in [2.24, 2.45) is 5.92 Å². The monoisotopic (exact) mass is 377 g/mol. The van der Waals surface area contributed by atoms with Crippen molar-refractivity contribution in [1.82, 2.24) is 15.5 Å². The highest BCUT2D eigenvalue weighted by Crippen LogP contribution is 2.26. The predicted molar refractivity (Wildman–Crippen MR) is 110 cm³/mol. The summed E-state index contributed by atoms with van der Waals surface area (Å²) < 4.78 is 5.52. The number of hydrogen-bond donors (Lipinski definition) is 1. The predicted octanol–water partition coefficient (Wildman–Crippen LogP) is 4.88. The molecule has 146 valence electrons. The van der Waals surface area contributed by atoms with E-state index in [0.29, 0.717) is 24.6 Å². The van der Waals surface area contributed by atoms with Gasteiger partial charge in [-0.2, -0.15) is 4.98 Å². The molecule has 3 aromatic rings. The Labute approximate surface area is 166 Å². The van der Waals surface area contributed by atoms with Crippen molar-refractivity contribution in [3.8, 4) is 11.4 Å². The number of aromatic nitrogens is 2. The molecule has 0 aliphatic rings. The number of amides is 1. The van der Waals surface area contributed by atoms with Gasteiger partial charge in [-0.05, 0) is 24.8 Å². The van der Waals surface area contributed by atoms with Crippen molar-refractivity contribution in [1.29, 1.82) is 0 Å². The highest BCUT2D eigenvalue weighted by Gasteiger charge is 2.26. The number of carbonyl (C=O) groups excluding carboxylic acids is 1. The lowest BCUT2D eigenvalue weighted by atomic mass is 9.98. The normalized spacial score (nSPS) is 13.1. The lowest BCUT2D eigenvalue weighted by Crippen LogP contribution is -2.32. The second-order valence-electron chi connectivity index (χ2n) is 7.24. The molecular weight excluding hydrogens is 350 g/mol. The number of aryl methyl sites for hydroxylation is 2. The molecule has 5 nitrogen and oxygen atoms in total. The highest BCUT2D eigenvalue weighted by atomic mass is 16.5. The molecule has 0 radical (unpaired) electrons. The van der Waals surface area contributed by atoms with E-state index in [4.69, 9.17) is 4.52 Å². The first-order chi connectivity index (χ1) is 13.6. The van der Waals surface area contributed by atoms with Gasteiger partial charge in [0, 0.05) is 12.0 Å². The second kappa shape index (κ2) is 9.31. The Bertz CT molecular complexity index is 888. The standard InChI is InChI=1S/C23H27N3O2/c1-4-17(3)21(24-20(27)15-12-18-8-6-5-7-9-18)23-25-22(26-28-23)19-13-10-16(2)11-14-19/h5-11,13-14,17,21H,4,12,15H2,1-3H3,(H,24,27)/t17-,21+/m1/s1. The van der Waals surface area contributed by atoms with Gasteiger partial charge in [-0.3, -0.25) is 4.79 Å². The van der Waals surface area contributed by atoms with Crippen LogP contribution in [0.15, 0.2) is 59.1 Å². The fourth-order valence-electron chi connectivity index (χ4n) is 3.01. The minimum absolute atomic E-state index is 0.00996. The maximum atomic E-state index is 12.5. The summed E-state index contributed by atoms with van der Waals surface area (Å²) in [7, 11) is 0. The van der Waals surface area contributed by atoms with Crippen molar-refractivity contribution in [2.45, 2.75) is 46.1 Å². The molecule has 1 amide bonds. The van der Waals surface area contributed by atoms with Crippen LogP contribution in [0, 0.1) is 12.8 Å². The summed E-state index contributed by atoms with van der Waals surface area (Å²) in [6.45, 7) is 6.21. The first kappa shape index (κ1) is 19.8. The van der Waals surface area contributed by atoms with Gasteiger partial charge in [-0.1, -0.05) is 85.6 Å². The lowest BCUT2D eigenvalue weighted by Gasteiger charge is -2.20. The lowest BCUT2D eigenvalue weighted by molar-refractivity contribution is -0.122. The molecule has 0 aliphatic carbocycles. The molecule has 2 aromatic carbocycles. The number of carbonyl (C=O) groups is 1. The van der Waals surface area contributed by atoms with Crippen LogP contribution in [0.4, 0.5) is 0 Å². The molecule has 0 aliphatic heterocycles. The molecule has 1 heterocycles. The van der Waals surface area contributed by atoms with Crippen molar-refractivity contribution >= 4 is 5.91 Å². The van der Waals surface area contributed by atoms with Crippen LogP contribution < -0.4 is 5.32 Å². The molecule has 0 fully saturated rings. The third-order valence-electron chi connectivity index (χ3n) is 5.03. The number of hydrogen-bond acceptors (Lipinski definition) is 4. The van der Waals surface area contributed by atoms with Crippen molar-refractivity contribution in [3.63, 3.8) is 0 Å². The van der Waals surface area contributed by atoms with Gasteiger partial charge in [0.2, 0.25) is 17.6 Å². The van der Waals surface area contributed by atoms with E-state index in [1.54, 1.807) is 0 Å². The van der Waals surface area contributed by atoms with E-state index in [-0.39, 0.29) is 17.9 Å². The molecule has 0 unspecified atom stereocenters. The molecule has 0 saturated carbocycles. The van der Waals surface area contributed by atoms with E-state index in [9.17, 15) is 4.79 Å². The van der Waals surface area contributed by atoms with Crippen molar-refractivity contribution < 1.29 is 9.32 Å². The number of nitrogens with zero attached hydrogens (tertiary/aromatic N) is 2. The van der Waals surface area contributed by atoms with Crippen LogP contribution in [0.25, 0.3) is 11.4 Å². The van der Waals surface area contributed by atoms with Crippen LogP contribution in [0.1, 0.15) is 49.7 Å². The van der Waals surface area contributed by atoms with Gasteiger partial charge < -0.3 is 9.84 Å². The topological polar surface area (TPSA) is 68.0 Å². The fraction of sp³-hybridized carbons (Fsp3) is 0.348. The Morgan fingerprint density at radius 2 is 1.82 bits per heavy atom. The van der Waals surface area contributed by atoms with Crippen LogP contribution in [0.2, 0.25) is 0 Å². The third kappa shape index (κ3) is 5.06. The van der Waals surface area contributed by atoms with Crippen LogP contribution >= 0.6 is 0 Å². The summed E-state index contributed by atoms with van der Waals surface area (Å²) in [5, 5.41) is 7.21. The summed E-state index contributed by atoms with van der Waals surface area (Å²) in [5.41, 5.74) is 3.23. The van der Waals surface area contributed by atoms with Gasteiger partial charge in [-0.25, -0.2) is 0 Å². The molecule has 0 saturated heterocycles. The molecule has 1 aromatic heterocycles. The Morgan fingerprint density at radius 1 is 1.11 bits per heavy atom. The SMILES string of the molecule is CC[C@@H](C)[C@H](NC(=O)CCc1ccccc1)c1nc(-c2ccc(C)cc2)no1. The molecule has 1 N–H and O–H groups in total. The number of rotatable bonds is 8. The van der Waals surface area contributed by atoms with E-state index < -0.39 is 0 Å². The quantitative estimate of drug-likeness (QED) is 0.607. The Balaban J connectivity index is 1.70. The van der Waals surface area contributed by atoms with Crippen molar-refractivity contribution in [3.05, 3.63) is 71.6 Å². The maximum Gasteiger partial charge on any atom is 0.249 e. The van der Waals surface area contributed by atoms with E-state index in [1.807, 2.05) is 61.5 Å². The van der Waals surface area contributed by atoms with Gasteiger partial charge in [-0.15, -0.1) is 0 Å². The average Bonchev–Trinajstić information content (AvgIpc) is 3.21. The largest absolute Gasteiger partial charge is 0.344 e. The molecule has 5 heteroatoms. The van der Waals surface area contributed by atoms with Gasteiger partial charge in [0.15, 0.2) is 0 Å². The molecule has 0 spiro atoms. The molecule has 0 bridgehead atoms. The first-order valence-electron chi connectivity index (χ1n) is 9.80. The maximum absolute atomic E-state index is 12.5. The van der Waals surface area contributed by atoms with Gasteiger partial charge >= 0.3 is 0 Å². The summed E-state index contributed by atoms with van der Waals surface area (Å²) in [4.78, 5) is 17.1. The van der Waals surface area contributed by atoms with E-state index in [2.05, 4.69) is 29.3 Å². The van der Waals surface area contributed by atoms with Gasteiger partial charge in [0.05, 0.1) is 0 Å². The Morgan fingerprint density at radius 3 is 2.50 bits per heavy atom. The summed E-state index contributed by atoms with van der Waals surface area (Å²) in [6, 6.07) is 17.7. The zero-order valence-corrected chi connectivity index (χ0v) is 16.7. The van der Waals surface area contributed by atoms with Crippen LogP contribution in [0.5, 0.6) is 0 Å². The summed E-state index contributed by atoms with van der Waals surface area (Å²) >= 11 is 0. The fourth-order valence-corrected chi connectivity index (χ4v) is 3.01. The first-order valence-corrected chi connectivity index (χ1v) is 9.80. The van der Waals surface area contributed by atoms with E-state index >= 15 is 0 Å². The minimum Gasteiger partial charge on any atom is -0.344 e. The molecule has 2 atom stereocenters. The van der Waals surface area contributed by atoms with Crippen LogP contribution in [0.3, 0.4) is 0 Å². The zero-order valence-electron chi connectivity index (χ0n) is 16.7. The Kier molecular flexibility index (Phi) is 6.58. The van der Waals surface area contributed by atoms with Gasteiger partial charge in [0.1, 0.15) is 6.04 Å². The van der Waals surface area contributed by atoms with E-state index in [0.717, 1.165) is 17.5 Å². The molecule has 3 rings (SSSR count). The molecular formula is C23H27N3O2. The van der Waals surface area contributed by atoms with E-state index in [1.165, 1.54) is 5.56 Å². The number of benzene rings is 2. The van der Waals surface area contributed by atoms with Crippen molar-refractivity contribution in [2.75, 3.05) is 0 Å². The van der Waals surface area contributed by atoms with Crippen LogP contribution in [-0.2, 0) is 11.2 Å². The highest BCUT2D eigenvalue weighted by molar-refractivity contribution is 5.76. The Hall–Kier alpha value is -2.95. The zero-order chi connectivity index (χ0) is 19.9. The second-order valence-corrected chi connectivity index (χ2v) is 7.24. The average molecular weight is 377 g/mol.